The van der Waals surface area contributed by atoms with Crippen LogP contribution < -0.4 is 10.1 Å². The molecule has 2 rings (SSSR count). The van der Waals surface area contributed by atoms with Crippen molar-refractivity contribution in [1.82, 2.24) is 5.32 Å². The molecule has 2 aromatic carbocycles. The van der Waals surface area contributed by atoms with Crippen LogP contribution in [0.1, 0.15) is 37.4 Å². The van der Waals surface area contributed by atoms with Crippen molar-refractivity contribution in [3.8, 4) is 5.75 Å². The molecule has 0 saturated heterocycles. The lowest BCUT2D eigenvalue weighted by atomic mass is 9.96. The van der Waals surface area contributed by atoms with Gasteiger partial charge in [0.05, 0.1) is 19.6 Å². The number of hydrogen-bond acceptors (Lipinski definition) is 2. The van der Waals surface area contributed by atoms with Crippen LogP contribution in [-0.2, 0) is 11.2 Å². The van der Waals surface area contributed by atoms with Crippen molar-refractivity contribution < 1.29 is 9.53 Å². The summed E-state index contributed by atoms with van der Waals surface area (Å²) in [7, 11) is 1.63. The summed E-state index contributed by atoms with van der Waals surface area (Å²) >= 11 is 0. The molecule has 1 atom stereocenters. The summed E-state index contributed by atoms with van der Waals surface area (Å²) in [5, 5.41) is 3.17. The predicted molar refractivity (Wildman–Crippen MR) is 93.5 cm³/mol. The summed E-state index contributed by atoms with van der Waals surface area (Å²) in [6, 6.07) is 17.8. The van der Waals surface area contributed by atoms with Crippen LogP contribution in [0.25, 0.3) is 0 Å². The highest BCUT2D eigenvalue weighted by atomic mass is 16.5. The fraction of sp³-hybridized carbons (Fsp3) is 0.350. The summed E-state index contributed by atoms with van der Waals surface area (Å²) < 4.78 is 5.21. The zero-order valence-corrected chi connectivity index (χ0v) is 14.1. The van der Waals surface area contributed by atoms with Crippen LogP contribution in [0.3, 0.4) is 0 Å². The van der Waals surface area contributed by atoms with Gasteiger partial charge in [-0.15, -0.1) is 0 Å². The maximum Gasteiger partial charge on any atom is 0.224 e. The van der Waals surface area contributed by atoms with Crippen molar-refractivity contribution in [2.75, 3.05) is 7.11 Å². The second-order valence-corrected chi connectivity index (χ2v) is 6.19. The summed E-state index contributed by atoms with van der Waals surface area (Å²) in [5.41, 5.74) is 2.11. The highest BCUT2D eigenvalue weighted by Gasteiger charge is 2.16. The van der Waals surface area contributed by atoms with Gasteiger partial charge in [0.2, 0.25) is 5.91 Å². The van der Waals surface area contributed by atoms with Gasteiger partial charge in [-0.25, -0.2) is 0 Å². The average molecular weight is 311 g/mol. The van der Waals surface area contributed by atoms with Crippen molar-refractivity contribution in [3.63, 3.8) is 0 Å². The highest BCUT2D eigenvalue weighted by molar-refractivity contribution is 5.79. The molecule has 23 heavy (non-hydrogen) atoms. The molecule has 0 saturated carbocycles. The molecule has 3 heteroatoms. The first-order chi connectivity index (χ1) is 11.1. The minimum absolute atomic E-state index is 0.0350. The Morgan fingerprint density at radius 1 is 1.09 bits per heavy atom. The fourth-order valence-corrected chi connectivity index (χ4v) is 2.65. The zero-order valence-electron chi connectivity index (χ0n) is 14.1. The first kappa shape index (κ1) is 17.1. The van der Waals surface area contributed by atoms with E-state index < -0.39 is 0 Å². The lowest BCUT2D eigenvalue weighted by Gasteiger charge is -2.21. The molecular weight excluding hydrogens is 286 g/mol. The Bertz CT molecular complexity index is 623. The first-order valence-electron chi connectivity index (χ1n) is 8.05. The Kier molecular flexibility index (Phi) is 6.21. The van der Waals surface area contributed by atoms with Crippen molar-refractivity contribution >= 4 is 5.91 Å². The van der Waals surface area contributed by atoms with Gasteiger partial charge in [0, 0.05) is 0 Å². The third-order valence-corrected chi connectivity index (χ3v) is 3.74. The third-order valence-electron chi connectivity index (χ3n) is 3.74. The lowest BCUT2D eigenvalue weighted by molar-refractivity contribution is -0.121. The summed E-state index contributed by atoms with van der Waals surface area (Å²) in [6.07, 6.45) is 1.28. The van der Waals surface area contributed by atoms with Gasteiger partial charge in [-0.3, -0.25) is 4.79 Å². The SMILES string of the molecule is COc1cccc(CC(=O)N[C@H](CC(C)C)c2ccccc2)c1. The van der Waals surface area contributed by atoms with Gasteiger partial charge >= 0.3 is 0 Å². The smallest absolute Gasteiger partial charge is 0.224 e. The Morgan fingerprint density at radius 2 is 1.83 bits per heavy atom. The molecule has 3 nitrogen and oxygen atoms in total. The van der Waals surface area contributed by atoms with Gasteiger partial charge in [-0.05, 0) is 35.6 Å². The molecule has 1 N–H and O–H groups in total. The normalized spacial score (nSPS) is 12.0. The maximum atomic E-state index is 12.4. The number of amides is 1. The number of rotatable bonds is 7. The number of ether oxygens (including phenoxy) is 1. The van der Waals surface area contributed by atoms with Crippen LogP contribution in [0.5, 0.6) is 5.75 Å². The minimum Gasteiger partial charge on any atom is -0.497 e. The number of methoxy groups -OCH3 is 1. The molecule has 0 aliphatic rings. The van der Waals surface area contributed by atoms with Crippen molar-refractivity contribution in [2.24, 2.45) is 5.92 Å². The monoisotopic (exact) mass is 311 g/mol. The predicted octanol–water partition coefficient (Wildman–Crippen LogP) is 4.14. The number of carbonyl (C=O) groups is 1. The first-order valence-corrected chi connectivity index (χ1v) is 8.05. The molecule has 0 fully saturated rings. The van der Waals surface area contributed by atoms with Crippen LogP contribution >= 0.6 is 0 Å². The second-order valence-electron chi connectivity index (χ2n) is 6.19. The standard InChI is InChI=1S/C20H25NO2/c1-15(2)12-19(17-9-5-4-6-10-17)21-20(22)14-16-8-7-11-18(13-16)23-3/h4-11,13,15,19H,12,14H2,1-3H3,(H,21,22)/t19-/m1/s1. The van der Waals surface area contributed by atoms with E-state index in [9.17, 15) is 4.79 Å². The van der Waals surface area contributed by atoms with Gasteiger partial charge in [0.15, 0.2) is 0 Å². The lowest BCUT2D eigenvalue weighted by Crippen LogP contribution is -2.30. The van der Waals surface area contributed by atoms with Gasteiger partial charge in [-0.1, -0.05) is 56.3 Å². The van der Waals surface area contributed by atoms with Gasteiger partial charge in [-0.2, -0.15) is 0 Å². The van der Waals surface area contributed by atoms with E-state index in [2.05, 4.69) is 31.3 Å². The Labute approximate surface area is 138 Å². The topological polar surface area (TPSA) is 38.3 Å². The Hall–Kier alpha value is -2.29. The van der Waals surface area contributed by atoms with E-state index in [0.29, 0.717) is 12.3 Å². The maximum absolute atomic E-state index is 12.4. The summed E-state index contributed by atoms with van der Waals surface area (Å²) in [5.74, 6) is 1.32. The number of carbonyl (C=O) groups excluding carboxylic acids is 1. The van der Waals surface area contributed by atoms with Crippen LogP contribution in [0.4, 0.5) is 0 Å². The fourth-order valence-electron chi connectivity index (χ4n) is 2.65. The average Bonchev–Trinajstić information content (AvgIpc) is 2.54. The molecule has 0 aliphatic carbocycles. The molecule has 0 unspecified atom stereocenters. The molecule has 0 bridgehead atoms. The van der Waals surface area contributed by atoms with Crippen molar-refractivity contribution in [3.05, 3.63) is 65.7 Å². The molecule has 0 aliphatic heterocycles. The van der Waals surface area contributed by atoms with Crippen LogP contribution in [-0.4, -0.2) is 13.0 Å². The van der Waals surface area contributed by atoms with Gasteiger partial charge in [0.25, 0.3) is 0 Å². The van der Waals surface area contributed by atoms with Crippen molar-refractivity contribution in [1.29, 1.82) is 0 Å². The van der Waals surface area contributed by atoms with Crippen LogP contribution in [0.15, 0.2) is 54.6 Å². The third kappa shape index (κ3) is 5.44. The number of hydrogen-bond donors (Lipinski definition) is 1. The van der Waals surface area contributed by atoms with E-state index in [1.54, 1.807) is 7.11 Å². The zero-order chi connectivity index (χ0) is 16.7. The molecular formula is C20H25NO2. The quantitative estimate of drug-likeness (QED) is 0.834. The molecule has 0 spiro atoms. The van der Waals surface area contributed by atoms with Crippen molar-refractivity contribution in [2.45, 2.75) is 32.7 Å². The molecule has 1 amide bonds. The Balaban J connectivity index is 2.05. The van der Waals surface area contributed by atoms with E-state index in [1.165, 1.54) is 0 Å². The minimum atomic E-state index is 0.0350. The number of nitrogens with one attached hydrogen (secondary N) is 1. The van der Waals surface area contributed by atoms with E-state index in [4.69, 9.17) is 4.74 Å². The molecule has 122 valence electrons. The van der Waals surface area contributed by atoms with Crippen LogP contribution in [0.2, 0.25) is 0 Å². The summed E-state index contributed by atoms with van der Waals surface area (Å²) in [6.45, 7) is 4.34. The largest absolute Gasteiger partial charge is 0.497 e. The highest BCUT2D eigenvalue weighted by Crippen LogP contribution is 2.21. The van der Waals surface area contributed by atoms with E-state index in [-0.39, 0.29) is 11.9 Å². The molecule has 0 radical (unpaired) electrons. The van der Waals surface area contributed by atoms with Crippen LogP contribution in [0, 0.1) is 5.92 Å². The molecule has 0 heterocycles. The van der Waals surface area contributed by atoms with Gasteiger partial charge < -0.3 is 10.1 Å². The molecule has 0 aromatic heterocycles. The van der Waals surface area contributed by atoms with E-state index in [1.807, 2.05) is 42.5 Å². The summed E-state index contributed by atoms with van der Waals surface area (Å²) in [4.78, 5) is 12.4. The van der Waals surface area contributed by atoms with E-state index >= 15 is 0 Å². The number of benzene rings is 2. The van der Waals surface area contributed by atoms with E-state index in [0.717, 1.165) is 23.3 Å². The van der Waals surface area contributed by atoms with Gasteiger partial charge in [0.1, 0.15) is 5.75 Å². The molecule has 2 aromatic rings. The second kappa shape index (κ2) is 8.37. The Morgan fingerprint density at radius 3 is 2.48 bits per heavy atom.